The fourth-order valence-electron chi connectivity index (χ4n) is 1.86. The number of ether oxygens (including phenoxy) is 2. The van der Waals surface area contributed by atoms with E-state index in [1.54, 1.807) is 0 Å². The van der Waals surface area contributed by atoms with Crippen molar-refractivity contribution in [3.05, 3.63) is 53.6 Å². The number of carbonyl (C=O) groups excluding carboxylic acids is 1. The topological polar surface area (TPSA) is 60.5 Å². The summed E-state index contributed by atoms with van der Waals surface area (Å²) in [6, 6.07) is 5.81. The lowest BCUT2D eigenvalue weighted by atomic mass is 10.2. The van der Waals surface area contributed by atoms with Gasteiger partial charge in [0.2, 0.25) is 5.95 Å². The van der Waals surface area contributed by atoms with Crippen LogP contribution in [0.25, 0.3) is 0 Å². The van der Waals surface area contributed by atoms with Gasteiger partial charge in [-0.2, -0.15) is 4.39 Å². The standard InChI is InChI=1S/C15H12F4N2O3/c1-23-12-6-11(24-15(17,18)19)4-2-9(12)7-21-14(22)10-3-5-13(16)20-8-10/h2-6,8H,7H2,1H3,(H,21,22). The highest BCUT2D eigenvalue weighted by atomic mass is 19.4. The summed E-state index contributed by atoms with van der Waals surface area (Å²) in [7, 11) is 1.28. The number of alkyl halides is 3. The average Bonchev–Trinajstić information content (AvgIpc) is 2.52. The number of pyridine rings is 1. The number of nitrogens with zero attached hydrogens (tertiary/aromatic N) is 1. The van der Waals surface area contributed by atoms with Crippen molar-refractivity contribution in [2.75, 3.05) is 7.11 Å². The Morgan fingerprint density at radius 1 is 1.25 bits per heavy atom. The highest BCUT2D eigenvalue weighted by Crippen LogP contribution is 2.29. The van der Waals surface area contributed by atoms with E-state index in [0.717, 1.165) is 24.4 Å². The number of rotatable bonds is 5. The molecule has 0 fully saturated rings. The number of hydrogen-bond acceptors (Lipinski definition) is 4. The van der Waals surface area contributed by atoms with Crippen molar-refractivity contribution >= 4 is 5.91 Å². The second-order valence-electron chi connectivity index (χ2n) is 4.57. The summed E-state index contributed by atoms with van der Waals surface area (Å²) in [6.45, 7) is -0.00825. The maximum atomic E-state index is 12.7. The quantitative estimate of drug-likeness (QED) is 0.669. The third-order valence-electron chi connectivity index (χ3n) is 2.92. The number of nitrogens with one attached hydrogen (secondary N) is 1. The van der Waals surface area contributed by atoms with Gasteiger partial charge in [-0.25, -0.2) is 4.98 Å². The molecule has 0 unspecified atom stereocenters. The zero-order chi connectivity index (χ0) is 17.7. The molecule has 0 aliphatic rings. The van der Waals surface area contributed by atoms with E-state index in [9.17, 15) is 22.4 Å². The molecule has 1 N–H and O–H groups in total. The summed E-state index contributed by atoms with van der Waals surface area (Å²) in [5.74, 6) is -1.54. The van der Waals surface area contributed by atoms with Gasteiger partial charge in [0.1, 0.15) is 11.5 Å². The molecule has 0 spiro atoms. The average molecular weight is 344 g/mol. The zero-order valence-electron chi connectivity index (χ0n) is 12.4. The summed E-state index contributed by atoms with van der Waals surface area (Å²) < 4.78 is 58.1. The summed E-state index contributed by atoms with van der Waals surface area (Å²) in [4.78, 5) is 15.3. The summed E-state index contributed by atoms with van der Waals surface area (Å²) in [5.41, 5.74) is 0.586. The second kappa shape index (κ2) is 7.16. The molecule has 0 saturated heterocycles. The third-order valence-corrected chi connectivity index (χ3v) is 2.92. The van der Waals surface area contributed by atoms with Crippen molar-refractivity contribution in [3.8, 4) is 11.5 Å². The van der Waals surface area contributed by atoms with Gasteiger partial charge < -0.3 is 14.8 Å². The first-order chi connectivity index (χ1) is 11.3. The van der Waals surface area contributed by atoms with Gasteiger partial charge in [-0.05, 0) is 24.3 Å². The summed E-state index contributed by atoms with van der Waals surface area (Å²) in [6.07, 6.45) is -3.74. The van der Waals surface area contributed by atoms with Gasteiger partial charge in [0, 0.05) is 24.4 Å². The Labute approximate surface area is 134 Å². The normalized spacial score (nSPS) is 11.0. The van der Waals surface area contributed by atoms with Crippen molar-refractivity contribution in [2.45, 2.75) is 12.9 Å². The smallest absolute Gasteiger partial charge is 0.496 e. The molecule has 128 valence electrons. The Kier molecular flexibility index (Phi) is 5.22. The van der Waals surface area contributed by atoms with Gasteiger partial charge in [0.25, 0.3) is 5.91 Å². The molecular formula is C15H12F4N2O3. The van der Waals surface area contributed by atoms with Gasteiger partial charge in [-0.15, -0.1) is 13.2 Å². The zero-order valence-corrected chi connectivity index (χ0v) is 12.4. The monoisotopic (exact) mass is 344 g/mol. The molecule has 2 aromatic rings. The second-order valence-corrected chi connectivity index (χ2v) is 4.57. The number of carbonyl (C=O) groups is 1. The van der Waals surface area contributed by atoms with Crippen LogP contribution in [0.3, 0.4) is 0 Å². The number of amides is 1. The molecule has 2 rings (SSSR count). The lowest BCUT2D eigenvalue weighted by molar-refractivity contribution is -0.274. The molecule has 0 atom stereocenters. The van der Waals surface area contributed by atoms with E-state index >= 15 is 0 Å². The number of methoxy groups -OCH3 is 1. The van der Waals surface area contributed by atoms with E-state index in [0.29, 0.717) is 5.56 Å². The van der Waals surface area contributed by atoms with Crippen LogP contribution < -0.4 is 14.8 Å². The molecule has 0 aliphatic heterocycles. The SMILES string of the molecule is COc1cc(OC(F)(F)F)ccc1CNC(=O)c1ccc(F)nc1. The van der Waals surface area contributed by atoms with Gasteiger partial charge in [-0.3, -0.25) is 4.79 Å². The molecule has 1 amide bonds. The first-order valence-corrected chi connectivity index (χ1v) is 6.61. The lowest BCUT2D eigenvalue weighted by Crippen LogP contribution is -2.23. The van der Waals surface area contributed by atoms with Crippen LogP contribution in [0.1, 0.15) is 15.9 Å². The number of halogens is 4. The van der Waals surface area contributed by atoms with Crippen molar-refractivity contribution in [1.29, 1.82) is 0 Å². The first-order valence-electron chi connectivity index (χ1n) is 6.61. The van der Waals surface area contributed by atoms with Crippen molar-refractivity contribution in [3.63, 3.8) is 0 Å². The van der Waals surface area contributed by atoms with Crippen molar-refractivity contribution < 1.29 is 31.8 Å². The third kappa shape index (κ3) is 4.83. The summed E-state index contributed by atoms with van der Waals surface area (Å²) >= 11 is 0. The Morgan fingerprint density at radius 3 is 2.58 bits per heavy atom. The van der Waals surface area contributed by atoms with Crippen LogP contribution in [-0.2, 0) is 6.54 Å². The Bertz CT molecular complexity index is 718. The molecule has 0 bridgehead atoms. The fourth-order valence-corrected chi connectivity index (χ4v) is 1.86. The predicted octanol–water partition coefficient (Wildman–Crippen LogP) is 3.06. The van der Waals surface area contributed by atoms with E-state index in [-0.39, 0.29) is 17.9 Å². The van der Waals surface area contributed by atoms with E-state index in [1.807, 2.05) is 0 Å². The van der Waals surface area contributed by atoms with Gasteiger partial charge in [0.15, 0.2) is 0 Å². The molecule has 0 radical (unpaired) electrons. The minimum absolute atomic E-state index is 0.00825. The highest BCUT2D eigenvalue weighted by molar-refractivity contribution is 5.93. The van der Waals surface area contributed by atoms with Gasteiger partial charge in [0.05, 0.1) is 12.7 Å². The first kappa shape index (κ1) is 17.5. The molecular weight excluding hydrogens is 332 g/mol. The van der Waals surface area contributed by atoms with E-state index < -0.39 is 24.0 Å². The van der Waals surface area contributed by atoms with Crippen LogP contribution >= 0.6 is 0 Å². The number of benzene rings is 1. The molecule has 0 aliphatic carbocycles. The number of hydrogen-bond donors (Lipinski definition) is 1. The molecule has 9 heteroatoms. The minimum atomic E-state index is -4.81. The summed E-state index contributed by atoms with van der Waals surface area (Å²) in [5, 5.41) is 2.53. The molecule has 1 heterocycles. The van der Waals surface area contributed by atoms with Crippen LogP contribution in [0, 0.1) is 5.95 Å². The fraction of sp³-hybridized carbons (Fsp3) is 0.200. The van der Waals surface area contributed by atoms with Crippen molar-refractivity contribution in [1.82, 2.24) is 10.3 Å². The molecule has 1 aromatic heterocycles. The minimum Gasteiger partial charge on any atom is -0.496 e. The molecule has 5 nitrogen and oxygen atoms in total. The van der Waals surface area contributed by atoms with E-state index in [1.165, 1.54) is 19.2 Å². The predicted molar refractivity (Wildman–Crippen MR) is 75.0 cm³/mol. The largest absolute Gasteiger partial charge is 0.573 e. The van der Waals surface area contributed by atoms with Crippen molar-refractivity contribution in [2.24, 2.45) is 0 Å². The van der Waals surface area contributed by atoms with Crippen LogP contribution in [-0.4, -0.2) is 24.4 Å². The maximum Gasteiger partial charge on any atom is 0.573 e. The van der Waals surface area contributed by atoms with E-state index in [2.05, 4.69) is 15.0 Å². The Hall–Kier alpha value is -2.84. The van der Waals surface area contributed by atoms with Crippen LogP contribution in [0.5, 0.6) is 11.5 Å². The van der Waals surface area contributed by atoms with Crippen LogP contribution in [0.4, 0.5) is 17.6 Å². The Balaban J connectivity index is 2.06. The van der Waals surface area contributed by atoms with Crippen LogP contribution in [0.15, 0.2) is 36.5 Å². The molecule has 24 heavy (non-hydrogen) atoms. The van der Waals surface area contributed by atoms with Gasteiger partial charge in [-0.1, -0.05) is 0 Å². The number of aromatic nitrogens is 1. The molecule has 0 saturated carbocycles. The maximum absolute atomic E-state index is 12.7. The Morgan fingerprint density at radius 2 is 2.00 bits per heavy atom. The van der Waals surface area contributed by atoms with Crippen LogP contribution in [0.2, 0.25) is 0 Å². The van der Waals surface area contributed by atoms with E-state index in [4.69, 9.17) is 4.74 Å². The lowest BCUT2D eigenvalue weighted by Gasteiger charge is -2.13. The van der Waals surface area contributed by atoms with Gasteiger partial charge >= 0.3 is 6.36 Å². The highest BCUT2D eigenvalue weighted by Gasteiger charge is 2.31. The molecule has 1 aromatic carbocycles.